The molecule has 1 N–H and O–H groups in total. The first kappa shape index (κ1) is 13.9. The molecule has 0 aromatic rings. The van der Waals surface area contributed by atoms with Crippen molar-refractivity contribution in [2.24, 2.45) is 5.92 Å². The molecule has 5 nitrogen and oxygen atoms in total. The number of nitrogens with zero attached hydrogens (tertiary/aromatic N) is 3. The van der Waals surface area contributed by atoms with Gasteiger partial charge in [0, 0.05) is 33.1 Å². The summed E-state index contributed by atoms with van der Waals surface area (Å²) in [7, 11) is 1.73. The Morgan fingerprint density at radius 3 is 3.06 bits per heavy atom. The minimum atomic E-state index is 0.00705. The highest BCUT2D eigenvalue weighted by atomic mass is 16.3. The van der Waals surface area contributed by atoms with E-state index in [1.165, 1.54) is 0 Å². The van der Waals surface area contributed by atoms with Gasteiger partial charge in [-0.15, -0.1) is 0 Å². The lowest BCUT2D eigenvalue weighted by Gasteiger charge is -2.33. The fourth-order valence-corrected chi connectivity index (χ4v) is 2.24. The molecule has 1 fully saturated rings. The van der Waals surface area contributed by atoms with Gasteiger partial charge in [0.25, 0.3) is 0 Å². The smallest absolute Gasteiger partial charge is 0.226 e. The van der Waals surface area contributed by atoms with Gasteiger partial charge in [0.2, 0.25) is 5.91 Å². The Kier molecular flexibility index (Phi) is 5.95. The van der Waals surface area contributed by atoms with Crippen LogP contribution in [0.4, 0.5) is 0 Å². The number of aliphatic hydroxyl groups excluding tert-OH is 1. The van der Waals surface area contributed by atoms with E-state index < -0.39 is 0 Å². The average Bonchev–Trinajstić information content (AvgIpc) is 2.36. The maximum absolute atomic E-state index is 12.0. The third kappa shape index (κ3) is 4.33. The summed E-state index contributed by atoms with van der Waals surface area (Å²) in [5.74, 6) is 0.139. The molecular weight excluding hydrogens is 218 g/mol. The first-order chi connectivity index (χ1) is 8.19. The molecular formula is C12H21N3O2. The summed E-state index contributed by atoms with van der Waals surface area (Å²) in [6.07, 6.45) is 2.44. The number of rotatable bonds is 5. The van der Waals surface area contributed by atoms with E-state index in [0.29, 0.717) is 13.0 Å². The van der Waals surface area contributed by atoms with Crippen molar-refractivity contribution < 1.29 is 9.90 Å². The summed E-state index contributed by atoms with van der Waals surface area (Å²) < 4.78 is 0. The molecule has 1 rings (SSSR count). The van der Waals surface area contributed by atoms with Crippen LogP contribution in [0.1, 0.15) is 19.3 Å². The number of likely N-dealkylation sites (tertiary alicyclic amines) is 1. The van der Waals surface area contributed by atoms with Gasteiger partial charge in [-0.2, -0.15) is 5.26 Å². The van der Waals surface area contributed by atoms with Gasteiger partial charge >= 0.3 is 0 Å². The molecule has 1 aliphatic heterocycles. The number of hydrogen-bond donors (Lipinski definition) is 1. The minimum absolute atomic E-state index is 0.00705. The zero-order valence-electron chi connectivity index (χ0n) is 10.4. The number of hydrogen-bond acceptors (Lipinski definition) is 4. The van der Waals surface area contributed by atoms with Crippen LogP contribution in [-0.2, 0) is 4.79 Å². The van der Waals surface area contributed by atoms with Crippen LogP contribution in [0, 0.1) is 17.2 Å². The SMILES string of the molecule is CN(CCO)C(=O)C1CCCN(CCC#N)C1. The summed E-state index contributed by atoms with van der Waals surface area (Å²) in [5, 5.41) is 17.4. The molecule has 0 saturated carbocycles. The van der Waals surface area contributed by atoms with E-state index >= 15 is 0 Å². The van der Waals surface area contributed by atoms with Gasteiger partial charge in [0.05, 0.1) is 18.6 Å². The predicted octanol–water partition coefficient (Wildman–Crippen LogP) is 0.0628. The van der Waals surface area contributed by atoms with Gasteiger partial charge in [0.1, 0.15) is 0 Å². The molecule has 1 amide bonds. The minimum Gasteiger partial charge on any atom is -0.395 e. The zero-order chi connectivity index (χ0) is 12.7. The van der Waals surface area contributed by atoms with Crippen LogP contribution < -0.4 is 0 Å². The fraction of sp³-hybridized carbons (Fsp3) is 0.833. The van der Waals surface area contributed by atoms with Crippen LogP contribution >= 0.6 is 0 Å². The lowest BCUT2D eigenvalue weighted by Crippen LogP contribution is -2.44. The van der Waals surface area contributed by atoms with E-state index in [1.54, 1.807) is 11.9 Å². The fourth-order valence-electron chi connectivity index (χ4n) is 2.24. The van der Waals surface area contributed by atoms with Crippen molar-refractivity contribution in [3.05, 3.63) is 0 Å². The molecule has 1 atom stereocenters. The second kappa shape index (κ2) is 7.25. The summed E-state index contributed by atoms with van der Waals surface area (Å²) in [4.78, 5) is 15.8. The number of aliphatic hydroxyl groups is 1. The molecule has 0 aliphatic carbocycles. The summed E-state index contributed by atoms with van der Waals surface area (Å²) in [5.41, 5.74) is 0. The van der Waals surface area contributed by atoms with Crippen LogP contribution in [0.5, 0.6) is 0 Å². The van der Waals surface area contributed by atoms with Gasteiger partial charge < -0.3 is 14.9 Å². The number of nitriles is 1. The van der Waals surface area contributed by atoms with E-state index in [9.17, 15) is 4.79 Å². The number of likely N-dealkylation sites (N-methyl/N-ethyl adjacent to an activating group) is 1. The Bertz CT molecular complexity index is 288. The van der Waals surface area contributed by atoms with Gasteiger partial charge in [-0.3, -0.25) is 4.79 Å². The van der Waals surface area contributed by atoms with Gasteiger partial charge in [-0.1, -0.05) is 0 Å². The van der Waals surface area contributed by atoms with E-state index in [4.69, 9.17) is 10.4 Å². The summed E-state index contributed by atoms with van der Waals surface area (Å²) >= 11 is 0. The van der Waals surface area contributed by atoms with Crippen molar-refractivity contribution >= 4 is 5.91 Å². The molecule has 0 bridgehead atoms. The second-order valence-electron chi connectivity index (χ2n) is 4.53. The summed E-state index contributed by atoms with van der Waals surface area (Å²) in [6.45, 7) is 2.89. The maximum Gasteiger partial charge on any atom is 0.226 e. The third-order valence-electron chi connectivity index (χ3n) is 3.21. The largest absolute Gasteiger partial charge is 0.395 e. The van der Waals surface area contributed by atoms with Crippen LogP contribution in [0.25, 0.3) is 0 Å². The number of carbonyl (C=O) groups is 1. The Morgan fingerprint density at radius 1 is 1.65 bits per heavy atom. The predicted molar refractivity (Wildman–Crippen MR) is 64.1 cm³/mol. The maximum atomic E-state index is 12.0. The van der Waals surface area contributed by atoms with Gasteiger partial charge in [-0.05, 0) is 19.4 Å². The van der Waals surface area contributed by atoms with E-state index in [1.807, 2.05) is 0 Å². The van der Waals surface area contributed by atoms with E-state index in [0.717, 1.165) is 32.5 Å². The summed E-state index contributed by atoms with van der Waals surface area (Å²) in [6, 6.07) is 2.13. The number of piperidine rings is 1. The van der Waals surface area contributed by atoms with Crippen LogP contribution in [0.15, 0.2) is 0 Å². The highest BCUT2D eigenvalue weighted by molar-refractivity contribution is 5.78. The number of carbonyl (C=O) groups excluding carboxylic acids is 1. The highest BCUT2D eigenvalue weighted by Crippen LogP contribution is 2.18. The molecule has 1 heterocycles. The zero-order valence-corrected chi connectivity index (χ0v) is 10.4. The molecule has 0 aromatic heterocycles. The average molecular weight is 239 g/mol. The van der Waals surface area contributed by atoms with Crippen LogP contribution in [-0.4, -0.2) is 60.6 Å². The molecule has 0 aromatic carbocycles. The van der Waals surface area contributed by atoms with Gasteiger partial charge in [-0.25, -0.2) is 0 Å². The Balaban J connectivity index is 2.43. The van der Waals surface area contributed by atoms with Crippen molar-refractivity contribution in [1.29, 1.82) is 5.26 Å². The van der Waals surface area contributed by atoms with Crippen LogP contribution in [0.3, 0.4) is 0 Å². The van der Waals surface area contributed by atoms with Gasteiger partial charge in [0.15, 0.2) is 0 Å². The monoisotopic (exact) mass is 239 g/mol. The van der Waals surface area contributed by atoms with Crippen molar-refractivity contribution in [2.45, 2.75) is 19.3 Å². The molecule has 1 aliphatic rings. The topological polar surface area (TPSA) is 67.6 Å². The molecule has 0 spiro atoms. The van der Waals surface area contributed by atoms with Crippen LogP contribution in [0.2, 0.25) is 0 Å². The Morgan fingerprint density at radius 2 is 2.41 bits per heavy atom. The Hall–Kier alpha value is -1.12. The molecule has 1 unspecified atom stereocenters. The number of amides is 1. The lowest BCUT2D eigenvalue weighted by atomic mass is 9.96. The first-order valence-corrected chi connectivity index (χ1v) is 6.14. The Labute approximate surface area is 103 Å². The van der Waals surface area contributed by atoms with Crippen molar-refractivity contribution in [3.63, 3.8) is 0 Å². The third-order valence-corrected chi connectivity index (χ3v) is 3.21. The van der Waals surface area contributed by atoms with E-state index in [-0.39, 0.29) is 18.4 Å². The molecule has 96 valence electrons. The normalized spacial score (nSPS) is 20.9. The highest BCUT2D eigenvalue weighted by Gasteiger charge is 2.27. The quantitative estimate of drug-likeness (QED) is 0.737. The first-order valence-electron chi connectivity index (χ1n) is 6.14. The van der Waals surface area contributed by atoms with Crippen molar-refractivity contribution in [1.82, 2.24) is 9.80 Å². The molecule has 0 radical (unpaired) electrons. The molecule has 17 heavy (non-hydrogen) atoms. The van der Waals surface area contributed by atoms with E-state index in [2.05, 4.69) is 11.0 Å². The van der Waals surface area contributed by atoms with Crippen molar-refractivity contribution in [2.75, 3.05) is 39.8 Å². The lowest BCUT2D eigenvalue weighted by molar-refractivity contribution is -0.136. The second-order valence-corrected chi connectivity index (χ2v) is 4.53. The molecule has 5 heteroatoms. The molecule has 1 saturated heterocycles. The van der Waals surface area contributed by atoms with Crippen molar-refractivity contribution in [3.8, 4) is 6.07 Å². The standard InChI is InChI=1S/C12H21N3O2/c1-14(8-9-16)12(17)11-4-2-6-15(10-11)7-3-5-13/h11,16H,2-4,6-10H2,1H3.